The van der Waals surface area contributed by atoms with E-state index in [0.717, 1.165) is 43.2 Å². The number of hydrogen-bond donors (Lipinski definition) is 1. The minimum absolute atomic E-state index is 0.220. The van der Waals surface area contributed by atoms with Crippen molar-refractivity contribution >= 4 is 5.97 Å². The van der Waals surface area contributed by atoms with Crippen molar-refractivity contribution in [2.75, 3.05) is 0 Å². The Kier molecular flexibility index (Phi) is 3.92. The number of ether oxygens (including phenoxy) is 1. The largest absolute Gasteiger partial charge is 0.452 e. The molecule has 4 aliphatic carbocycles. The van der Waals surface area contributed by atoms with Gasteiger partial charge in [0.25, 0.3) is 5.89 Å². The van der Waals surface area contributed by atoms with Gasteiger partial charge in [0.2, 0.25) is 5.89 Å². The number of aromatic nitrogens is 2. The molecule has 4 aliphatic rings. The van der Waals surface area contributed by atoms with Crippen molar-refractivity contribution in [3.8, 4) is 11.5 Å². The lowest BCUT2D eigenvalue weighted by Gasteiger charge is -2.58. The zero-order chi connectivity index (χ0) is 19.5. The summed E-state index contributed by atoms with van der Waals surface area (Å²) in [5, 5.41) is 19.1. The van der Waals surface area contributed by atoms with Crippen LogP contribution >= 0.6 is 0 Å². The van der Waals surface area contributed by atoms with E-state index in [1.807, 2.05) is 31.2 Å². The zero-order valence-electron chi connectivity index (χ0n) is 16.4. The third-order valence-corrected chi connectivity index (χ3v) is 6.83. The van der Waals surface area contributed by atoms with Gasteiger partial charge in [-0.25, -0.2) is 0 Å². The third kappa shape index (κ3) is 2.94. The minimum Gasteiger partial charge on any atom is -0.452 e. The van der Waals surface area contributed by atoms with Crippen molar-refractivity contribution < 1.29 is 19.1 Å². The molecule has 6 heteroatoms. The van der Waals surface area contributed by atoms with Crippen LogP contribution in [0.3, 0.4) is 0 Å². The van der Waals surface area contributed by atoms with Gasteiger partial charge < -0.3 is 14.3 Å². The molecular weight excluding hydrogens is 356 g/mol. The van der Waals surface area contributed by atoms with Crippen LogP contribution in [0.1, 0.15) is 63.0 Å². The number of aryl methyl sites for hydroxylation is 1. The highest BCUT2D eigenvalue weighted by Gasteiger charge is 2.61. The monoisotopic (exact) mass is 382 g/mol. The molecule has 2 aromatic rings. The van der Waals surface area contributed by atoms with Gasteiger partial charge in [-0.1, -0.05) is 17.7 Å². The summed E-state index contributed by atoms with van der Waals surface area (Å²) in [5.74, 6) is 1.37. The topological polar surface area (TPSA) is 85.5 Å². The predicted octanol–water partition coefficient (Wildman–Crippen LogP) is 3.98. The Hall–Kier alpha value is -2.21. The average Bonchev–Trinajstić information content (AvgIpc) is 3.10. The van der Waals surface area contributed by atoms with E-state index in [0.29, 0.717) is 30.0 Å². The molecule has 2 unspecified atom stereocenters. The molecule has 0 spiro atoms. The van der Waals surface area contributed by atoms with Gasteiger partial charge in [-0.05, 0) is 76.3 Å². The molecule has 0 aliphatic heterocycles. The highest BCUT2D eigenvalue weighted by molar-refractivity contribution is 5.78. The highest BCUT2D eigenvalue weighted by Crippen LogP contribution is 2.62. The van der Waals surface area contributed by atoms with Crippen LogP contribution in [0.2, 0.25) is 0 Å². The zero-order valence-corrected chi connectivity index (χ0v) is 16.4. The smallest absolute Gasteiger partial charge is 0.312 e. The van der Waals surface area contributed by atoms with E-state index in [-0.39, 0.29) is 5.97 Å². The summed E-state index contributed by atoms with van der Waals surface area (Å²) >= 11 is 0. The van der Waals surface area contributed by atoms with E-state index >= 15 is 0 Å². The fourth-order valence-electron chi connectivity index (χ4n) is 6.00. The van der Waals surface area contributed by atoms with E-state index in [1.165, 1.54) is 0 Å². The summed E-state index contributed by atoms with van der Waals surface area (Å²) in [6.45, 7) is 3.78. The van der Waals surface area contributed by atoms with Crippen LogP contribution in [0.4, 0.5) is 0 Å². The first kappa shape index (κ1) is 17.9. The normalized spacial score (nSPS) is 34.4. The fourth-order valence-corrected chi connectivity index (χ4v) is 6.00. The van der Waals surface area contributed by atoms with Gasteiger partial charge in [-0.3, -0.25) is 4.79 Å². The molecular formula is C22H26N2O4. The molecule has 5 atom stereocenters. The quantitative estimate of drug-likeness (QED) is 0.805. The molecule has 6 nitrogen and oxygen atoms in total. The standard InChI is InChI=1S/C22H26N2O4/c1-13-3-5-17(6-4-13)19-24-23-18(28-19)14(2)27-20(25)21-8-15-7-16(9-21)11-22(26,10-15)12-21/h3-6,14-16,26H,7-12H2,1-2H3/t14-,15-,16+,21?,22?/m1/s1. The molecule has 1 heterocycles. The van der Waals surface area contributed by atoms with Gasteiger partial charge in [0.15, 0.2) is 6.10 Å². The van der Waals surface area contributed by atoms with Crippen LogP contribution in [0.5, 0.6) is 0 Å². The van der Waals surface area contributed by atoms with Gasteiger partial charge in [0, 0.05) is 5.56 Å². The van der Waals surface area contributed by atoms with Crippen molar-refractivity contribution in [1.29, 1.82) is 0 Å². The maximum absolute atomic E-state index is 13.1. The summed E-state index contributed by atoms with van der Waals surface area (Å²) in [6.07, 6.45) is 4.37. The van der Waals surface area contributed by atoms with E-state index in [1.54, 1.807) is 6.92 Å². The molecule has 6 rings (SSSR count). The first-order chi connectivity index (χ1) is 13.3. The highest BCUT2D eigenvalue weighted by atomic mass is 16.6. The molecule has 1 aromatic carbocycles. The van der Waals surface area contributed by atoms with E-state index < -0.39 is 17.1 Å². The average molecular weight is 382 g/mol. The predicted molar refractivity (Wildman–Crippen MR) is 101 cm³/mol. The van der Waals surface area contributed by atoms with Gasteiger partial charge in [0.1, 0.15) is 0 Å². The number of benzene rings is 1. The Morgan fingerprint density at radius 1 is 1.18 bits per heavy atom. The second-order valence-electron chi connectivity index (χ2n) is 9.32. The molecule has 4 saturated carbocycles. The maximum Gasteiger partial charge on any atom is 0.312 e. The van der Waals surface area contributed by atoms with E-state index in [2.05, 4.69) is 10.2 Å². The summed E-state index contributed by atoms with van der Waals surface area (Å²) in [7, 11) is 0. The Morgan fingerprint density at radius 3 is 2.50 bits per heavy atom. The summed E-state index contributed by atoms with van der Waals surface area (Å²) in [4.78, 5) is 13.1. The van der Waals surface area contributed by atoms with Crippen LogP contribution in [0.15, 0.2) is 28.7 Å². The molecule has 4 bridgehead atoms. The first-order valence-corrected chi connectivity index (χ1v) is 10.2. The van der Waals surface area contributed by atoms with Crippen molar-refractivity contribution in [3.05, 3.63) is 35.7 Å². The Balaban J connectivity index is 1.31. The maximum atomic E-state index is 13.1. The van der Waals surface area contributed by atoms with E-state index in [9.17, 15) is 9.90 Å². The van der Waals surface area contributed by atoms with Crippen LogP contribution in [-0.2, 0) is 9.53 Å². The molecule has 4 fully saturated rings. The summed E-state index contributed by atoms with van der Waals surface area (Å²) < 4.78 is 11.6. The number of esters is 1. The molecule has 0 saturated heterocycles. The third-order valence-electron chi connectivity index (χ3n) is 6.83. The molecule has 28 heavy (non-hydrogen) atoms. The van der Waals surface area contributed by atoms with Crippen molar-refractivity contribution in [1.82, 2.24) is 10.2 Å². The Labute approximate surface area is 164 Å². The number of hydrogen-bond acceptors (Lipinski definition) is 6. The molecule has 0 radical (unpaired) electrons. The van der Waals surface area contributed by atoms with Gasteiger partial charge in [0.05, 0.1) is 11.0 Å². The van der Waals surface area contributed by atoms with Gasteiger partial charge in [-0.15, -0.1) is 10.2 Å². The van der Waals surface area contributed by atoms with Gasteiger partial charge in [-0.2, -0.15) is 0 Å². The van der Waals surface area contributed by atoms with Crippen molar-refractivity contribution in [2.24, 2.45) is 17.3 Å². The van der Waals surface area contributed by atoms with Gasteiger partial charge >= 0.3 is 5.97 Å². The number of carbonyl (C=O) groups is 1. The number of carbonyl (C=O) groups excluding carboxylic acids is 1. The number of nitrogens with zero attached hydrogens (tertiary/aromatic N) is 2. The first-order valence-electron chi connectivity index (χ1n) is 10.2. The fraction of sp³-hybridized carbons (Fsp3) is 0.591. The van der Waals surface area contributed by atoms with E-state index in [4.69, 9.17) is 9.15 Å². The molecule has 148 valence electrons. The Morgan fingerprint density at radius 2 is 1.86 bits per heavy atom. The van der Waals surface area contributed by atoms with Crippen LogP contribution in [-0.4, -0.2) is 26.9 Å². The van der Waals surface area contributed by atoms with Crippen molar-refractivity contribution in [3.63, 3.8) is 0 Å². The Bertz CT molecular complexity index is 890. The lowest BCUT2D eigenvalue weighted by molar-refractivity contribution is -0.200. The second kappa shape index (κ2) is 6.14. The molecule has 1 aromatic heterocycles. The SMILES string of the molecule is Cc1ccc(-c2nnc([C@@H](C)OC(=O)C34C[C@@H]5C[C@@H](CC(O)(C5)C3)C4)o2)cc1. The molecule has 0 amide bonds. The van der Waals surface area contributed by atoms with Crippen LogP contribution < -0.4 is 0 Å². The lowest BCUT2D eigenvalue weighted by Crippen LogP contribution is -2.58. The second-order valence-corrected chi connectivity index (χ2v) is 9.32. The summed E-state index contributed by atoms with van der Waals surface area (Å²) in [5.41, 5.74) is 0.761. The van der Waals surface area contributed by atoms with Crippen molar-refractivity contribution in [2.45, 2.75) is 64.1 Å². The number of rotatable bonds is 4. The lowest BCUT2D eigenvalue weighted by atomic mass is 9.48. The van der Waals surface area contributed by atoms with Crippen LogP contribution in [0.25, 0.3) is 11.5 Å². The van der Waals surface area contributed by atoms with Crippen LogP contribution in [0, 0.1) is 24.2 Å². The minimum atomic E-state index is -0.685. The molecule has 1 N–H and O–H groups in total. The number of aliphatic hydroxyl groups is 1. The summed E-state index contributed by atoms with van der Waals surface area (Å²) in [6, 6.07) is 7.83.